The third-order valence-electron chi connectivity index (χ3n) is 5.52. The lowest BCUT2D eigenvalue weighted by Gasteiger charge is -2.35. The molecule has 9 heteroatoms. The molecule has 0 aromatic heterocycles. The van der Waals surface area contributed by atoms with Gasteiger partial charge in [0.2, 0.25) is 6.04 Å². The Morgan fingerprint density at radius 1 is 1.00 bits per heavy atom. The van der Waals surface area contributed by atoms with Crippen molar-refractivity contribution in [2.75, 3.05) is 12.0 Å². The van der Waals surface area contributed by atoms with Crippen molar-refractivity contribution < 1.29 is 27.6 Å². The SMILES string of the molecule is COc1ccc(N(C(=O)C(F)(F)F)[C@@H](c2ccccc2C)[C@H](Cc2ccccc2)[N+](=O)[O-])cc1. The van der Waals surface area contributed by atoms with E-state index in [4.69, 9.17) is 4.74 Å². The highest BCUT2D eigenvalue weighted by Gasteiger charge is 2.50. The van der Waals surface area contributed by atoms with Gasteiger partial charge in [-0.15, -0.1) is 0 Å². The Morgan fingerprint density at radius 2 is 1.59 bits per heavy atom. The number of anilines is 1. The molecule has 3 rings (SSSR count). The Balaban J connectivity index is 2.25. The molecule has 0 unspecified atom stereocenters. The summed E-state index contributed by atoms with van der Waals surface area (Å²) in [7, 11) is 1.40. The lowest BCUT2D eigenvalue weighted by atomic mass is 9.89. The minimum Gasteiger partial charge on any atom is -0.497 e. The van der Waals surface area contributed by atoms with E-state index < -0.39 is 29.1 Å². The van der Waals surface area contributed by atoms with Crippen LogP contribution in [0.5, 0.6) is 5.75 Å². The van der Waals surface area contributed by atoms with Gasteiger partial charge in [-0.2, -0.15) is 13.2 Å². The van der Waals surface area contributed by atoms with Gasteiger partial charge in [-0.05, 0) is 47.9 Å². The maximum atomic E-state index is 13.8. The normalized spacial score (nSPS) is 13.1. The van der Waals surface area contributed by atoms with Gasteiger partial charge in [0.05, 0.1) is 7.11 Å². The van der Waals surface area contributed by atoms with Crippen LogP contribution in [0, 0.1) is 17.0 Å². The fraction of sp³-hybridized carbons (Fsp3) is 0.240. The number of nitrogens with zero attached hydrogens (tertiary/aromatic N) is 2. The number of aryl methyl sites for hydroxylation is 1. The van der Waals surface area contributed by atoms with Crippen molar-refractivity contribution in [3.63, 3.8) is 0 Å². The number of methoxy groups -OCH3 is 1. The van der Waals surface area contributed by atoms with Gasteiger partial charge in [-0.1, -0.05) is 54.6 Å². The number of halogens is 3. The molecular formula is C25H23F3N2O4. The van der Waals surface area contributed by atoms with Crippen molar-refractivity contribution in [1.29, 1.82) is 0 Å². The highest BCUT2D eigenvalue weighted by atomic mass is 19.4. The molecule has 3 aromatic rings. The Labute approximate surface area is 194 Å². The number of alkyl halides is 3. The third kappa shape index (κ3) is 5.54. The molecule has 0 heterocycles. The molecule has 34 heavy (non-hydrogen) atoms. The lowest BCUT2D eigenvalue weighted by Crippen LogP contribution is -2.49. The Kier molecular flexibility index (Phi) is 7.55. The van der Waals surface area contributed by atoms with E-state index in [1.807, 2.05) is 0 Å². The van der Waals surface area contributed by atoms with Crippen molar-refractivity contribution in [2.45, 2.75) is 31.6 Å². The summed E-state index contributed by atoms with van der Waals surface area (Å²) in [6.45, 7) is 1.64. The topological polar surface area (TPSA) is 72.7 Å². The zero-order valence-electron chi connectivity index (χ0n) is 18.5. The number of ether oxygens (including phenoxy) is 1. The summed E-state index contributed by atoms with van der Waals surface area (Å²) in [5.74, 6) is -1.82. The lowest BCUT2D eigenvalue weighted by molar-refractivity contribution is -0.526. The van der Waals surface area contributed by atoms with Gasteiger partial charge in [-0.3, -0.25) is 19.8 Å². The number of hydrogen-bond acceptors (Lipinski definition) is 4. The van der Waals surface area contributed by atoms with Gasteiger partial charge in [0, 0.05) is 17.0 Å². The summed E-state index contributed by atoms with van der Waals surface area (Å²) >= 11 is 0. The molecule has 0 saturated heterocycles. The molecule has 0 aliphatic heterocycles. The van der Waals surface area contributed by atoms with Gasteiger partial charge in [0.1, 0.15) is 11.8 Å². The molecule has 0 spiro atoms. The predicted molar refractivity (Wildman–Crippen MR) is 121 cm³/mol. The highest BCUT2D eigenvalue weighted by Crippen LogP contribution is 2.38. The van der Waals surface area contributed by atoms with Crippen LogP contribution in [0.15, 0.2) is 78.9 Å². The minimum absolute atomic E-state index is 0.128. The van der Waals surface area contributed by atoms with E-state index in [1.165, 1.54) is 37.4 Å². The molecule has 0 aliphatic rings. The molecule has 1 amide bonds. The monoisotopic (exact) mass is 472 g/mol. The zero-order chi connectivity index (χ0) is 24.9. The van der Waals surface area contributed by atoms with Crippen molar-refractivity contribution in [2.24, 2.45) is 0 Å². The second-order valence-corrected chi connectivity index (χ2v) is 7.71. The molecular weight excluding hydrogens is 449 g/mol. The minimum atomic E-state index is -5.26. The van der Waals surface area contributed by atoms with Crippen molar-refractivity contribution in [1.82, 2.24) is 0 Å². The van der Waals surface area contributed by atoms with Gasteiger partial charge in [0.15, 0.2) is 0 Å². The van der Waals surface area contributed by atoms with E-state index in [-0.39, 0.29) is 17.7 Å². The first-order valence-corrected chi connectivity index (χ1v) is 10.4. The van der Waals surface area contributed by atoms with Gasteiger partial charge < -0.3 is 4.74 Å². The van der Waals surface area contributed by atoms with E-state index in [0.717, 1.165) is 0 Å². The molecule has 0 N–H and O–H groups in total. The molecule has 2 atom stereocenters. The van der Waals surface area contributed by atoms with Crippen LogP contribution in [0.4, 0.5) is 18.9 Å². The maximum absolute atomic E-state index is 13.8. The van der Waals surface area contributed by atoms with Crippen molar-refractivity contribution in [3.05, 3.63) is 106 Å². The third-order valence-corrected chi connectivity index (χ3v) is 5.52. The number of rotatable bonds is 8. The van der Waals surface area contributed by atoms with Crippen LogP contribution in [0.1, 0.15) is 22.7 Å². The van der Waals surface area contributed by atoms with E-state index in [2.05, 4.69) is 0 Å². The predicted octanol–water partition coefficient (Wildman–Crippen LogP) is 5.53. The number of hydrogen-bond donors (Lipinski definition) is 0. The van der Waals surface area contributed by atoms with E-state index in [1.54, 1.807) is 55.5 Å². The smallest absolute Gasteiger partial charge is 0.471 e. The summed E-state index contributed by atoms with van der Waals surface area (Å²) in [6, 6.07) is 17.2. The van der Waals surface area contributed by atoms with E-state index >= 15 is 0 Å². The zero-order valence-corrected chi connectivity index (χ0v) is 18.5. The Morgan fingerprint density at radius 3 is 2.12 bits per heavy atom. The first-order valence-electron chi connectivity index (χ1n) is 10.4. The first-order chi connectivity index (χ1) is 16.1. The number of carbonyl (C=O) groups is 1. The molecule has 0 fully saturated rings. The number of amides is 1. The van der Waals surface area contributed by atoms with Crippen LogP contribution in [0.3, 0.4) is 0 Å². The molecule has 6 nitrogen and oxygen atoms in total. The van der Waals surface area contributed by atoms with Crippen LogP contribution < -0.4 is 9.64 Å². The molecule has 0 bridgehead atoms. The van der Waals surface area contributed by atoms with Gasteiger partial charge in [0.25, 0.3) is 0 Å². The van der Waals surface area contributed by atoms with Gasteiger partial charge >= 0.3 is 12.1 Å². The van der Waals surface area contributed by atoms with Crippen molar-refractivity contribution in [3.8, 4) is 5.75 Å². The van der Waals surface area contributed by atoms with Crippen LogP contribution >= 0.6 is 0 Å². The summed E-state index contributed by atoms with van der Waals surface area (Å²) < 4.78 is 46.5. The van der Waals surface area contributed by atoms with Crippen LogP contribution in [-0.4, -0.2) is 30.2 Å². The Bertz CT molecular complexity index is 1130. The highest BCUT2D eigenvalue weighted by molar-refractivity contribution is 5.98. The first kappa shape index (κ1) is 24.8. The molecule has 0 saturated carbocycles. The molecule has 178 valence electrons. The number of benzene rings is 3. The Hall–Kier alpha value is -3.88. The van der Waals surface area contributed by atoms with Crippen LogP contribution in [-0.2, 0) is 11.2 Å². The van der Waals surface area contributed by atoms with Crippen LogP contribution in [0.2, 0.25) is 0 Å². The average molecular weight is 472 g/mol. The standard InChI is InChI=1S/C25H23F3N2O4/c1-17-8-6-7-11-21(17)23(22(30(32)33)16-18-9-4-3-5-10-18)29(24(31)25(26,27)28)19-12-14-20(34-2)15-13-19/h3-15,22-23H,16H2,1-2H3/t22-,23-/m0/s1. The maximum Gasteiger partial charge on any atom is 0.471 e. The van der Waals surface area contributed by atoms with E-state index in [0.29, 0.717) is 21.8 Å². The fourth-order valence-electron chi connectivity index (χ4n) is 3.88. The summed E-state index contributed by atoms with van der Waals surface area (Å²) in [5, 5.41) is 12.3. The average Bonchev–Trinajstić information content (AvgIpc) is 2.81. The second-order valence-electron chi connectivity index (χ2n) is 7.71. The largest absolute Gasteiger partial charge is 0.497 e. The molecule has 0 aliphatic carbocycles. The second kappa shape index (κ2) is 10.4. The summed E-state index contributed by atoms with van der Waals surface area (Å²) in [4.78, 5) is 24.9. The number of nitro groups is 1. The molecule has 3 aromatic carbocycles. The molecule has 0 radical (unpaired) electrons. The van der Waals surface area contributed by atoms with E-state index in [9.17, 15) is 28.1 Å². The van der Waals surface area contributed by atoms with Crippen LogP contribution in [0.25, 0.3) is 0 Å². The fourth-order valence-corrected chi connectivity index (χ4v) is 3.88. The van der Waals surface area contributed by atoms with Crippen molar-refractivity contribution >= 4 is 11.6 Å². The number of carbonyl (C=O) groups excluding carboxylic acids is 1. The quantitative estimate of drug-likeness (QED) is 0.319. The summed E-state index contributed by atoms with van der Waals surface area (Å²) in [5.41, 5.74) is 1.22. The summed E-state index contributed by atoms with van der Waals surface area (Å²) in [6.07, 6.45) is -5.43. The van der Waals surface area contributed by atoms with Gasteiger partial charge in [-0.25, -0.2) is 0 Å².